The molecule has 32 aromatic carbocycles. The number of fused-ring (bicyclic) bond motifs is 2. The van der Waals surface area contributed by atoms with Crippen LogP contribution in [0, 0.1) is 0 Å². The summed E-state index contributed by atoms with van der Waals surface area (Å²) >= 11 is 0. The summed E-state index contributed by atoms with van der Waals surface area (Å²) in [5, 5.41) is 51.8. The molecule has 0 atom stereocenters. The molecule has 0 heterocycles. The Morgan fingerprint density at radius 2 is 0.250 bits per heavy atom. The van der Waals surface area contributed by atoms with Gasteiger partial charge in [0.1, 0.15) is 0 Å². The smallest absolute Gasteiger partial charge is 0.00203 e. The van der Waals surface area contributed by atoms with Crippen LogP contribution in [0.4, 0.5) is 0 Å². The van der Waals surface area contributed by atoms with Gasteiger partial charge in [-0.3, -0.25) is 0 Å². The highest BCUT2D eigenvalue weighted by atomic mass is 14.3. The van der Waals surface area contributed by atoms with Crippen molar-refractivity contribution in [1.29, 1.82) is 0 Å². The summed E-state index contributed by atoms with van der Waals surface area (Å²) in [4.78, 5) is 0. The van der Waals surface area contributed by atoms with E-state index in [1.807, 2.05) is 0 Å². The fourth-order valence-corrected chi connectivity index (χ4v) is 25.6. The Morgan fingerprint density at radius 3 is 0.543 bits per heavy atom. The SMILES string of the molecule is c1ccc(-c2ccccc2-c2ccc3ccc4c(-c5ccc6ccc7c(-c8ccc9ccc%10c(-c%11cccc%12ccccc%11%12)ccc%11ccc8c9c%11%10)ccc8ccc5c6c87)ccc5ccc2c3c54)cc1.c1ccc(-c2ccccc2-c2ccc3ccc4c(-c5ccc6ccc7ccc(-c8ccc9ccc%10c(-c%11ccc%12ccccc%12c%11)ccc%11ccc8c9c%11%10)c8ccc5c6c78)ccc5ccc2c3c54)cc1. The molecule has 0 N–H and O–H groups in total. The van der Waals surface area contributed by atoms with Gasteiger partial charge in [0, 0.05) is 0 Å². The van der Waals surface area contributed by atoms with Crippen molar-refractivity contribution >= 4 is 215 Å². The normalized spacial score (nSPS) is 12.3. The average molecular weight is 1760 g/mol. The topological polar surface area (TPSA) is 0 Å². The van der Waals surface area contributed by atoms with Crippen LogP contribution in [0.25, 0.3) is 327 Å². The van der Waals surface area contributed by atoms with Gasteiger partial charge in [0.2, 0.25) is 0 Å². The molecule has 32 rings (SSSR count). The molecule has 0 aliphatic heterocycles. The molecule has 0 aromatic heterocycles. The summed E-state index contributed by atoms with van der Waals surface area (Å²) in [6.07, 6.45) is 0. The number of rotatable bonds is 10. The van der Waals surface area contributed by atoms with E-state index in [1.54, 1.807) is 0 Å². The van der Waals surface area contributed by atoms with Crippen LogP contribution < -0.4 is 0 Å². The van der Waals surface area contributed by atoms with Crippen molar-refractivity contribution in [2.45, 2.75) is 0 Å². The zero-order chi connectivity index (χ0) is 91.2. The van der Waals surface area contributed by atoms with Crippen molar-refractivity contribution in [2.24, 2.45) is 0 Å². The van der Waals surface area contributed by atoms with E-state index >= 15 is 0 Å². The van der Waals surface area contributed by atoms with Crippen LogP contribution in [-0.2, 0) is 0 Å². The number of hydrogen-bond donors (Lipinski definition) is 0. The lowest BCUT2D eigenvalue weighted by Crippen LogP contribution is -1.93. The van der Waals surface area contributed by atoms with Crippen LogP contribution in [0.15, 0.2) is 485 Å². The Balaban J connectivity index is 0.000000129. The highest BCUT2D eigenvalue weighted by molar-refractivity contribution is 6.37. The van der Waals surface area contributed by atoms with Gasteiger partial charge < -0.3 is 0 Å². The van der Waals surface area contributed by atoms with Crippen LogP contribution in [-0.4, -0.2) is 0 Å². The van der Waals surface area contributed by atoms with Gasteiger partial charge in [-0.2, -0.15) is 0 Å². The van der Waals surface area contributed by atoms with E-state index in [9.17, 15) is 0 Å². The van der Waals surface area contributed by atoms with Gasteiger partial charge in [0.15, 0.2) is 0 Å². The van der Waals surface area contributed by atoms with Crippen LogP contribution in [0.5, 0.6) is 0 Å². The van der Waals surface area contributed by atoms with Gasteiger partial charge in [-0.15, -0.1) is 0 Å². The third-order valence-electron chi connectivity index (χ3n) is 31.9. The van der Waals surface area contributed by atoms with Crippen molar-refractivity contribution < 1.29 is 0 Å². The molecule has 640 valence electrons. The predicted octanol–water partition coefficient (Wildman–Crippen LogP) is 39.7. The second kappa shape index (κ2) is 29.7. The molecular formula is C140H80. The van der Waals surface area contributed by atoms with E-state index in [-0.39, 0.29) is 0 Å². The van der Waals surface area contributed by atoms with Crippen molar-refractivity contribution in [2.75, 3.05) is 0 Å². The Bertz CT molecular complexity index is 10800. The third-order valence-corrected chi connectivity index (χ3v) is 31.9. The Labute approximate surface area is 806 Å². The molecule has 32 aromatic rings. The maximum atomic E-state index is 2.41. The van der Waals surface area contributed by atoms with Crippen LogP contribution in [0.3, 0.4) is 0 Å². The fraction of sp³-hybridized carbons (Fsp3) is 0. The fourth-order valence-electron chi connectivity index (χ4n) is 25.6. The quantitative estimate of drug-likeness (QED) is 0.120. The summed E-state index contributed by atoms with van der Waals surface area (Å²) < 4.78 is 0. The first-order valence-corrected chi connectivity index (χ1v) is 49.0. The van der Waals surface area contributed by atoms with Crippen molar-refractivity contribution in [1.82, 2.24) is 0 Å². The minimum atomic E-state index is 1.23. The summed E-state index contributed by atoms with van der Waals surface area (Å²) in [6.45, 7) is 0. The zero-order valence-electron chi connectivity index (χ0n) is 76.2. The van der Waals surface area contributed by atoms with Gasteiger partial charge in [0.25, 0.3) is 0 Å². The van der Waals surface area contributed by atoms with Crippen LogP contribution in [0.1, 0.15) is 0 Å². The van der Waals surface area contributed by atoms with Gasteiger partial charge in [0.05, 0.1) is 0 Å². The van der Waals surface area contributed by atoms with Crippen molar-refractivity contribution in [3.8, 4) is 111 Å². The van der Waals surface area contributed by atoms with E-state index < -0.39 is 0 Å². The molecule has 0 saturated carbocycles. The Kier molecular flexibility index (Phi) is 16.3. The summed E-state index contributed by atoms with van der Waals surface area (Å²) in [7, 11) is 0. The molecule has 0 unspecified atom stereocenters. The van der Waals surface area contributed by atoms with E-state index in [0.717, 1.165) is 0 Å². The highest BCUT2D eigenvalue weighted by Crippen LogP contribution is 2.55. The monoisotopic (exact) mass is 1760 g/mol. The second-order valence-corrected chi connectivity index (χ2v) is 38.8. The van der Waals surface area contributed by atoms with E-state index in [4.69, 9.17) is 0 Å². The molecule has 0 fully saturated rings. The average Bonchev–Trinajstić information content (AvgIpc) is 0.713. The minimum absolute atomic E-state index is 1.23. The molecule has 0 saturated heterocycles. The minimum Gasteiger partial charge on any atom is -0.0622 e. The van der Waals surface area contributed by atoms with Gasteiger partial charge in [-0.25, -0.2) is 0 Å². The molecule has 0 nitrogen and oxygen atoms in total. The number of benzene rings is 32. The lowest BCUT2D eigenvalue weighted by molar-refractivity contribution is 1.60. The molecule has 0 aliphatic rings. The molecular weight excluding hydrogens is 1680 g/mol. The Hall–Kier alpha value is -18.2. The van der Waals surface area contributed by atoms with Gasteiger partial charge in [-0.1, -0.05) is 479 Å². The maximum absolute atomic E-state index is 2.41. The highest BCUT2D eigenvalue weighted by Gasteiger charge is 2.27. The zero-order valence-corrected chi connectivity index (χ0v) is 76.2. The first-order valence-electron chi connectivity index (χ1n) is 49.0. The van der Waals surface area contributed by atoms with E-state index in [1.165, 1.54) is 327 Å². The standard InChI is InChI=1S/2C70H40/c1-2-9-41(10-3-1)49-14-6-7-15-51(49)53-29-17-43-25-37-61-55(31-19-45-23-35-59(53)65(43)67(45)61)57-33-21-47-28-40-64-58(34-22-48-27-39-63(57)69(47)70(48)64)56-32-20-46-24-36-60-54(30-18-44-26-38-62(56)68(46)66(44)60)52-16-8-12-42-11-4-5-13-50(42)52;1-2-9-42(10-3-1)51-12-6-7-13-53(51)54-29-21-47-27-37-62-56(33-23-48-26-35-60(54)69(47)70(48)62)58-31-20-44-16-15-43-19-30-57(63-38-39-64(58)67(44)66(43)63)55-32-22-46-24-34-59-52(28-18-45-25-36-61(55)68(46)65(45)59)50-17-14-41-8-4-5-11-49(41)40-50/h2*1-40H. The third kappa shape index (κ3) is 11.2. The number of hydrogen-bond acceptors (Lipinski definition) is 0. The second-order valence-electron chi connectivity index (χ2n) is 38.8. The molecule has 0 aliphatic carbocycles. The van der Waals surface area contributed by atoms with Crippen molar-refractivity contribution in [3.63, 3.8) is 0 Å². The van der Waals surface area contributed by atoms with E-state index in [2.05, 4.69) is 485 Å². The Morgan fingerprint density at radius 1 is 0.0714 bits per heavy atom. The predicted molar refractivity (Wildman–Crippen MR) is 604 cm³/mol. The first kappa shape index (κ1) is 77.1. The van der Waals surface area contributed by atoms with Gasteiger partial charge >= 0.3 is 0 Å². The summed E-state index contributed by atoms with van der Waals surface area (Å²) in [5.74, 6) is 0. The van der Waals surface area contributed by atoms with Gasteiger partial charge in [-0.05, 0) is 333 Å². The summed E-state index contributed by atoms with van der Waals surface area (Å²) in [5.41, 5.74) is 25.2. The van der Waals surface area contributed by atoms with Crippen LogP contribution >= 0.6 is 0 Å². The first-order chi connectivity index (χ1) is 69.4. The molecule has 0 amide bonds. The summed E-state index contributed by atoms with van der Waals surface area (Å²) in [6, 6.07) is 183. The van der Waals surface area contributed by atoms with E-state index in [0.29, 0.717) is 0 Å². The maximum Gasteiger partial charge on any atom is -0.00203 e. The molecule has 140 heavy (non-hydrogen) atoms. The van der Waals surface area contributed by atoms with Crippen molar-refractivity contribution in [3.05, 3.63) is 485 Å². The lowest BCUT2D eigenvalue weighted by Gasteiger charge is -2.20. The largest absolute Gasteiger partial charge is 0.0622 e. The lowest BCUT2D eigenvalue weighted by atomic mass is 9.83. The van der Waals surface area contributed by atoms with Crippen LogP contribution in [0.2, 0.25) is 0 Å². The molecule has 0 spiro atoms. The molecule has 0 heteroatoms. The molecule has 0 bridgehead atoms. The molecule has 0 radical (unpaired) electrons.